The van der Waals surface area contributed by atoms with Crippen LogP contribution in [-0.2, 0) is 4.74 Å². The van der Waals surface area contributed by atoms with Gasteiger partial charge in [0.2, 0.25) is 0 Å². The van der Waals surface area contributed by atoms with Gasteiger partial charge < -0.3 is 15.4 Å². The molecule has 0 aromatic rings. The average Bonchev–Trinajstić information content (AvgIpc) is 2.91. The lowest BCUT2D eigenvalue weighted by atomic mass is 9.99. The summed E-state index contributed by atoms with van der Waals surface area (Å²) >= 11 is 0. The third-order valence-electron chi connectivity index (χ3n) is 3.79. The molecule has 1 heterocycles. The molecule has 2 rings (SSSR count). The Hall–Kier alpha value is -0.120. The van der Waals surface area contributed by atoms with Crippen molar-refractivity contribution in [1.82, 2.24) is 4.90 Å². The minimum Gasteiger partial charge on any atom is -0.381 e. The van der Waals surface area contributed by atoms with Gasteiger partial charge in [-0.05, 0) is 38.1 Å². The molecule has 1 saturated carbocycles. The van der Waals surface area contributed by atoms with Crippen LogP contribution in [0.3, 0.4) is 0 Å². The highest BCUT2D eigenvalue weighted by Gasteiger charge is 2.28. The summed E-state index contributed by atoms with van der Waals surface area (Å²) in [6.07, 6.45) is 5.26. The maximum atomic E-state index is 6.28. The van der Waals surface area contributed by atoms with Gasteiger partial charge >= 0.3 is 0 Å². The summed E-state index contributed by atoms with van der Waals surface area (Å²) in [6, 6.07) is 0.313. The van der Waals surface area contributed by atoms with Crippen molar-refractivity contribution in [2.75, 3.05) is 32.8 Å². The Morgan fingerprint density at radius 2 is 2.19 bits per heavy atom. The van der Waals surface area contributed by atoms with Gasteiger partial charge in [0, 0.05) is 31.7 Å². The molecular weight excluding hydrogens is 200 g/mol. The Bertz CT molecular complexity index is 200. The first-order valence-corrected chi connectivity index (χ1v) is 6.85. The molecule has 0 amide bonds. The van der Waals surface area contributed by atoms with Gasteiger partial charge in [-0.2, -0.15) is 0 Å². The third kappa shape index (κ3) is 3.72. The first-order chi connectivity index (χ1) is 7.79. The molecule has 0 aromatic carbocycles. The molecule has 2 atom stereocenters. The molecule has 3 heteroatoms. The van der Waals surface area contributed by atoms with Crippen LogP contribution in [0.15, 0.2) is 0 Å². The van der Waals surface area contributed by atoms with E-state index in [1.165, 1.54) is 32.4 Å². The summed E-state index contributed by atoms with van der Waals surface area (Å²) in [7, 11) is 0. The van der Waals surface area contributed by atoms with Gasteiger partial charge in [0.1, 0.15) is 0 Å². The Balaban J connectivity index is 1.73. The summed E-state index contributed by atoms with van der Waals surface area (Å²) in [5.41, 5.74) is 6.28. The highest BCUT2D eigenvalue weighted by molar-refractivity contribution is 4.83. The molecule has 3 nitrogen and oxygen atoms in total. The molecule has 2 N–H and O–H groups in total. The lowest BCUT2D eigenvalue weighted by Gasteiger charge is -2.27. The van der Waals surface area contributed by atoms with E-state index in [4.69, 9.17) is 10.5 Å². The normalized spacial score (nSPS) is 27.6. The molecule has 1 aliphatic heterocycles. The second-order valence-electron chi connectivity index (χ2n) is 5.49. The van der Waals surface area contributed by atoms with Gasteiger partial charge in [-0.25, -0.2) is 0 Å². The zero-order valence-electron chi connectivity index (χ0n) is 10.5. The summed E-state index contributed by atoms with van der Waals surface area (Å²) in [5.74, 6) is 1.57. The molecule has 0 aromatic heterocycles. The Morgan fingerprint density at radius 1 is 1.38 bits per heavy atom. The van der Waals surface area contributed by atoms with E-state index >= 15 is 0 Å². The highest BCUT2D eigenvalue weighted by atomic mass is 16.5. The Morgan fingerprint density at radius 3 is 2.75 bits per heavy atom. The number of hydrogen-bond donors (Lipinski definition) is 1. The summed E-state index contributed by atoms with van der Waals surface area (Å²) in [4.78, 5) is 2.57. The molecule has 1 aliphatic carbocycles. The Labute approximate surface area is 99.3 Å². The minimum absolute atomic E-state index is 0.313. The van der Waals surface area contributed by atoms with Gasteiger partial charge in [0.15, 0.2) is 0 Å². The predicted octanol–water partition coefficient (Wildman–Crippen LogP) is 1.47. The zero-order chi connectivity index (χ0) is 11.4. The summed E-state index contributed by atoms with van der Waals surface area (Å²) < 4.78 is 5.41. The fourth-order valence-corrected chi connectivity index (χ4v) is 2.58. The minimum atomic E-state index is 0.313. The van der Waals surface area contributed by atoms with Crippen LogP contribution in [0.4, 0.5) is 0 Å². The first kappa shape index (κ1) is 12.3. The predicted molar refractivity (Wildman–Crippen MR) is 66.4 cm³/mol. The maximum absolute atomic E-state index is 6.28. The van der Waals surface area contributed by atoms with E-state index in [2.05, 4.69) is 11.8 Å². The van der Waals surface area contributed by atoms with Crippen LogP contribution in [0.1, 0.15) is 32.6 Å². The van der Waals surface area contributed by atoms with E-state index in [1.54, 1.807) is 0 Å². The van der Waals surface area contributed by atoms with Gasteiger partial charge in [0.05, 0.1) is 6.61 Å². The van der Waals surface area contributed by atoms with Crippen LogP contribution in [0.2, 0.25) is 0 Å². The molecule has 0 radical (unpaired) electrons. The van der Waals surface area contributed by atoms with Gasteiger partial charge in [-0.15, -0.1) is 0 Å². The molecule has 16 heavy (non-hydrogen) atoms. The largest absolute Gasteiger partial charge is 0.381 e. The number of nitrogens with zero attached hydrogens (tertiary/aromatic N) is 1. The zero-order valence-corrected chi connectivity index (χ0v) is 10.5. The van der Waals surface area contributed by atoms with E-state index in [0.717, 1.165) is 32.1 Å². The average molecular weight is 226 g/mol. The van der Waals surface area contributed by atoms with Crippen LogP contribution in [0, 0.1) is 11.8 Å². The van der Waals surface area contributed by atoms with Gasteiger partial charge in [-0.3, -0.25) is 0 Å². The van der Waals surface area contributed by atoms with E-state index < -0.39 is 0 Å². The summed E-state index contributed by atoms with van der Waals surface area (Å²) in [6.45, 7) is 7.59. The fourth-order valence-electron chi connectivity index (χ4n) is 2.58. The van der Waals surface area contributed by atoms with Crippen LogP contribution in [0.25, 0.3) is 0 Å². The van der Waals surface area contributed by atoms with Crippen LogP contribution < -0.4 is 5.73 Å². The van der Waals surface area contributed by atoms with Crippen molar-refractivity contribution in [3.63, 3.8) is 0 Å². The Kier molecular flexibility index (Phi) is 4.62. The molecule has 2 fully saturated rings. The maximum Gasteiger partial charge on any atom is 0.0510 e. The number of rotatable bonds is 7. The highest BCUT2D eigenvalue weighted by Crippen LogP contribution is 2.30. The van der Waals surface area contributed by atoms with Crippen molar-refractivity contribution in [3.8, 4) is 0 Å². The fraction of sp³-hybridized carbons (Fsp3) is 1.00. The van der Waals surface area contributed by atoms with Crippen LogP contribution >= 0.6 is 0 Å². The lowest BCUT2D eigenvalue weighted by Crippen LogP contribution is -2.43. The number of nitrogens with two attached hydrogens (primary N) is 1. The molecule has 2 unspecified atom stereocenters. The van der Waals surface area contributed by atoms with Gasteiger partial charge in [-0.1, -0.05) is 6.92 Å². The van der Waals surface area contributed by atoms with E-state index in [1.807, 2.05) is 0 Å². The van der Waals surface area contributed by atoms with Crippen molar-refractivity contribution in [2.24, 2.45) is 17.6 Å². The van der Waals surface area contributed by atoms with E-state index in [9.17, 15) is 0 Å². The molecular formula is C13H26N2O. The second-order valence-corrected chi connectivity index (χ2v) is 5.49. The van der Waals surface area contributed by atoms with Gasteiger partial charge in [0.25, 0.3) is 0 Å². The van der Waals surface area contributed by atoms with E-state index in [-0.39, 0.29) is 0 Å². The molecule has 2 aliphatic rings. The molecule has 1 saturated heterocycles. The van der Waals surface area contributed by atoms with Crippen molar-refractivity contribution >= 4 is 0 Å². The van der Waals surface area contributed by atoms with Crippen LogP contribution in [-0.4, -0.2) is 43.8 Å². The van der Waals surface area contributed by atoms with Crippen molar-refractivity contribution in [2.45, 2.75) is 38.6 Å². The standard InChI is InChI=1S/C13H26N2O/c1-2-6-15(8-11-3-4-11)9-13(14)12-5-7-16-10-12/h11-13H,2-10,14H2,1H3. The SMILES string of the molecule is CCCN(CC1CC1)CC(N)C1CCOC1. The monoisotopic (exact) mass is 226 g/mol. The smallest absolute Gasteiger partial charge is 0.0510 e. The van der Waals surface area contributed by atoms with Crippen molar-refractivity contribution in [3.05, 3.63) is 0 Å². The topological polar surface area (TPSA) is 38.5 Å². The van der Waals surface area contributed by atoms with Crippen LogP contribution in [0.5, 0.6) is 0 Å². The lowest BCUT2D eigenvalue weighted by molar-refractivity contribution is 0.168. The quantitative estimate of drug-likeness (QED) is 0.714. The molecule has 0 spiro atoms. The molecule has 0 bridgehead atoms. The summed E-state index contributed by atoms with van der Waals surface area (Å²) in [5, 5.41) is 0. The first-order valence-electron chi connectivity index (χ1n) is 6.85. The van der Waals surface area contributed by atoms with Crippen molar-refractivity contribution in [1.29, 1.82) is 0 Å². The van der Waals surface area contributed by atoms with E-state index in [0.29, 0.717) is 12.0 Å². The number of ether oxygens (including phenoxy) is 1. The second kappa shape index (κ2) is 5.99. The van der Waals surface area contributed by atoms with Crippen molar-refractivity contribution < 1.29 is 4.74 Å². The third-order valence-corrected chi connectivity index (χ3v) is 3.79. The number of hydrogen-bond acceptors (Lipinski definition) is 3. The molecule has 94 valence electrons.